The SMILES string of the molecule is Fc1ccccc1-n1nc(-c2cccc(Br)c2)c2c1NCC2. The average Bonchev–Trinajstić information content (AvgIpc) is 3.10. The summed E-state index contributed by atoms with van der Waals surface area (Å²) in [5, 5.41) is 7.99. The van der Waals surface area contributed by atoms with Gasteiger partial charge in [0.25, 0.3) is 0 Å². The minimum absolute atomic E-state index is 0.276. The van der Waals surface area contributed by atoms with Crippen LogP contribution in [0, 0.1) is 5.82 Å². The second-order valence-corrected chi connectivity index (χ2v) is 6.14. The Morgan fingerprint density at radius 1 is 1.14 bits per heavy atom. The fourth-order valence-corrected chi connectivity index (χ4v) is 3.24. The molecule has 0 bridgehead atoms. The minimum Gasteiger partial charge on any atom is -0.369 e. The number of aromatic nitrogens is 2. The highest BCUT2D eigenvalue weighted by Gasteiger charge is 2.24. The zero-order valence-electron chi connectivity index (χ0n) is 11.7. The van der Waals surface area contributed by atoms with Crippen molar-refractivity contribution in [2.75, 3.05) is 11.9 Å². The van der Waals surface area contributed by atoms with E-state index in [1.807, 2.05) is 30.3 Å². The Labute approximate surface area is 135 Å². The van der Waals surface area contributed by atoms with Crippen molar-refractivity contribution in [1.82, 2.24) is 9.78 Å². The first kappa shape index (κ1) is 13.5. The van der Waals surface area contributed by atoms with Crippen molar-refractivity contribution < 1.29 is 4.39 Å². The van der Waals surface area contributed by atoms with Gasteiger partial charge >= 0.3 is 0 Å². The molecule has 0 spiro atoms. The molecule has 0 aliphatic carbocycles. The van der Waals surface area contributed by atoms with Crippen LogP contribution in [0.1, 0.15) is 5.56 Å². The van der Waals surface area contributed by atoms with E-state index in [1.54, 1.807) is 16.8 Å². The van der Waals surface area contributed by atoms with Crippen molar-refractivity contribution >= 4 is 21.7 Å². The van der Waals surface area contributed by atoms with Crippen LogP contribution in [0.15, 0.2) is 53.0 Å². The molecule has 1 aromatic heterocycles. The van der Waals surface area contributed by atoms with Gasteiger partial charge in [-0.25, -0.2) is 9.07 Å². The van der Waals surface area contributed by atoms with Gasteiger partial charge < -0.3 is 5.32 Å². The molecule has 0 amide bonds. The molecular weight excluding hydrogens is 345 g/mol. The molecule has 0 atom stereocenters. The summed E-state index contributed by atoms with van der Waals surface area (Å²) in [6, 6.07) is 14.7. The Balaban J connectivity index is 1.93. The maximum absolute atomic E-state index is 14.1. The van der Waals surface area contributed by atoms with Gasteiger partial charge in [-0.2, -0.15) is 5.10 Å². The zero-order valence-corrected chi connectivity index (χ0v) is 13.3. The summed E-state index contributed by atoms with van der Waals surface area (Å²) in [7, 11) is 0. The first-order chi connectivity index (χ1) is 10.7. The van der Waals surface area contributed by atoms with Gasteiger partial charge in [0.05, 0.1) is 5.69 Å². The fraction of sp³-hybridized carbons (Fsp3) is 0.118. The quantitative estimate of drug-likeness (QED) is 0.736. The molecule has 4 rings (SSSR count). The van der Waals surface area contributed by atoms with Crippen molar-refractivity contribution in [3.05, 3.63) is 64.4 Å². The molecule has 1 aliphatic heterocycles. The van der Waals surface area contributed by atoms with Crippen LogP contribution in [0.5, 0.6) is 0 Å². The molecule has 1 aliphatic rings. The summed E-state index contributed by atoms with van der Waals surface area (Å²) in [6.07, 6.45) is 0.894. The third kappa shape index (κ3) is 2.13. The maximum Gasteiger partial charge on any atom is 0.148 e. The topological polar surface area (TPSA) is 29.9 Å². The van der Waals surface area contributed by atoms with Crippen LogP contribution < -0.4 is 5.32 Å². The molecule has 3 aromatic rings. The van der Waals surface area contributed by atoms with Gasteiger partial charge in [-0.15, -0.1) is 0 Å². The van der Waals surface area contributed by atoms with E-state index in [0.717, 1.165) is 40.1 Å². The van der Waals surface area contributed by atoms with Crippen LogP contribution in [-0.4, -0.2) is 16.3 Å². The van der Waals surface area contributed by atoms with E-state index in [-0.39, 0.29) is 5.82 Å². The van der Waals surface area contributed by atoms with Crippen LogP contribution in [0.25, 0.3) is 16.9 Å². The van der Waals surface area contributed by atoms with Gasteiger partial charge in [-0.3, -0.25) is 0 Å². The third-order valence-corrected chi connectivity index (χ3v) is 4.32. The van der Waals surface area contributed by atoms with Crippen molar-refractivity contribution in [3.63, 3.8) is 0 Å². The Morgan fingerprint density at radius 2 is 2.00 bits per heavy atom. The number of benzene rings is 2. The van der Waals surface area contributed by atoms with E-state index in [0.29, 0.717) is 5.69 Å². The molecule has 0 fully saturated rings. The summed E-state index contributed by atoms with van der Waals surface area (Å²) in [4.78, 5) is 0. The van der Waals surface area contributed by atoms with E-state index in [9.17, 15) is 4.39 Å². The predicted molar refractivity (Wildman–Crippen MR) is 88.9 cm³/mol. The molecule has 3 nitrogen and oxygen atoms in total. The number of halogens is 2. The Hall–Kier alpha value is -2.14. The lowest BCUT2D eigenvalue weighted by atomic mass is 10.1. The van der Waals surface area contributed by atoms with Crippen molar-refractivity contribution in [2.45, 2.75) is 6.42 Å². The van der Waals surface area contributed by atoms with Crippen LogP contribution in [0.2, 0.25) is 0 Å². The van der Waals surface area contributed by atoms with Gasteiger partial charge in [-0.05, 0) is 30.7 Å². The van der Waals surface area contributed by atoms with E-state index in [1.165, 1.54) is 6.07 Å². The minimum atomic E-state index is -0.276. The fourth-order valence-electron chi connectivity index (χ4n) is 2.84. The highest BCUT2D eigenvalue weighted by Crippen LogP contribution is 2.35. The van der Waals surface area contributed by atoms with Gasteiger partial charge in [0.1, 0.15) is 17.3 Å². The second kappa shape index (κ2) is 5.25. The lowest BCUT2D eigenvalue weighted by Crippen LogP contribution is -2.05. The average molecular weight is 358 g/mol. The van der Waals surface area contributed by atoms with Gasteiger partial charge in [0, 0.05) is 22.1 Å². The molecule has 2 aromatic carbocycles. The van der Waals surface area contributed by atoms with Gasteiger partial charge in [0.2, 0.25) is 0 Å². The first-order valence-corrected chi connectivity index (χ1v) is 7.90. The Kier molecular flexibility index (Phi) is 3.22. The number of fused-ring (bicyclic) bond motifs is 1. The molecule has 2 heterocycles. The Bertz CT molecular complexity index is 857. The molecule has 5 heteroatoms. The number of hydrogen-bond donors (Lipinski definition) is 1. The van der Waals surface area contributed by atoms with Crippen molar-refractivity contribution in [2.24, 2.45) is 0 Å². The smallest absolute Gasteiger partial charge is 0.148 e. The molecule has 22 heavy (non-hydrogen) atoms. The normalized spacial score (nSPS) is 13.0. The van der Waals surface area contributed by atoms with E-state index >= 15 is 0 Å². The lowest BCUT2D eigenvalue weighted by molar-refractivity contribution is 0.612. The zero-order chi connectivity index (χ0) is 15.1. The number of hydrogen-bond acceptors (Lipinski definition) is 2. The van der Waals surface area contributed by atoms with E-state index in [2.05, 4.69) is 26.3 Å². The van der Waals surface area contributed by atoms with E-state index < -0.39 is 0 Å². The number of nitrogens with one attached hydrogen (secondary N) is 1. The molecule has 1 N–H and O–H groups in total. The highest BCUT2D eigenvalue weighted by molar-refractivity contribution is 9.10. The number of rotatable bonds is 2. The second-order valence-electron chi connectivity index (χ2n) is 5.23. The molecule has 110 valence electrons. The summed E-state index contributed by atoms with van der Waals surface area (Å²) >= 11 is 3.49. The number of para-hydroxylation sites is 1. The van der Waals surface area contributed by atoms with Gasteiger partial charge in [-0.1, -0.05) is 40.2 Å². The predicted octanol–water partition coefficient (Wildman–Crippen LogP) is 4.41. The van der Waals surface area contributed by atoms with E-state index in [4.69, 9.17) is 0 Å². The maximum atomic E-state index is 14.1. The molecule has 0 saturated heterocycles. The summed E-state index contributed by atoms with van der Waals surface area (Å²) < 4.78 is 16.8. The van der Waals surface area contributed by atoms with Crippen molar-refractivity contribution in [1.29, 1.82) is 0 Å². The Morgan fingerprint density at radius 3 is 2.82 bits per heavy atom. The molecular formula is C17H13BrFN3. The van der Waals surface area contributed by atoms with Crippen LogP contribution in [0.4, 0.5) is 10.2 Å². The lowest BCUT2D eigenvalue weighted by Gasteiger charge is -2.07. The van der Waals surface area contributed by atoms with Crippen LogP contribution in [-0.2, 0) is 6.42 Å². The van der Waals surface area contributed by atoms with Gasteiger partial charge in [0.15, 0.2) is 0 Å². The third-order valence-electron chi connectivity index (χ3n) is 3.83. The van der Waals surface area contributed by atoms with Crippen molar-refractivity contribution in [3.8, 4) is 16.9 Å². The van der Waals surface area contributed by atoms with Crippen LogP contribution in [0.3, 0.4) is 0 Å². The standard InChI is InChI=1S/C17H13BrFN3/c18-12-5-3-4-11(10-12)16-13-8-9-20-17(13)22(21-16)15-7-2-1-6-14(15)19/h1-7,10,20H,8-9H2. The monoisotopic (exact) mass is 357 g/mol. The number of anilines is 1. The molecule has 0 radical (unpaired) electrons. The molecule has 0 saturated carbocycles. The molecule has 0 unspecified atom stereocenters. The highest BCUT2D eigenvalue weighted by atomic mass is 79.9. The summed E-state index contributed by atoms with van der Waals surface area (Å²) in [5.74, 6) is 0.613. The first-order valence-electron chi connectivity index (χ1n) is 7.10. The summed E-state index contributed by atoms with van der Waals surface area (Å²) in [5.41, 5.74) is 3.55. The largest absolute Gasteiger partial charge is 0.369 e. The number of nitrogens with zero attached hydrogens (tertiary/aromatic N) is 2. The van der Waals surface area contributed by atoms with Crippen LogP contribution >= 0.6 is 15.9 Å². The summed E-state index contributed by atoms with van der Waals surface area (Å²) in [6.45, 7) is 0.850.